The van der Waals surface area contributed by atoms with E-state index in [0.717, 1.165) is 43.7 Å². The molecule has 2 heterocycles. The molecule has 0 radical (unpaired) electrons. The van der Waals surface area contributed by atoms with E-state index in [-0.39, 0.29) is 12.3 Å². The van der Waals surface area contributed by atoms with E-state index in [2.05, 4.69) is 22.1 Å². The van der Waals surface area contributed by atoms with Crippen LogP contribution in [0.3, 0.4) is 0 Å². The third kappa shape index (κ3) is 6.11. The highest BCUT2D eigenvalue weighted by Gasteiger charge is 2.16. The molecule has 2 N–H and O–H groups in total. The Labute approximate surface area is 145 Å². The summed E-state index contributed by atoms with van der Waals surface area (Å²) in [5.74, 6) is 0.897. The standard InChI is InChI=1S/C19H31N3O2/c1-2-3-5-10-17(23)14-18(24)21-15-16-9-8-11-20-19(16)22-12-6-4-7-13-22/h8-9,11,17,23H,2-7,10,12-15H2,1H3,(H,21,24)/t17-/m0/s1. The summed E-state index contributed by atoms with van der Waals surface area (Å²) in [6, 6.07) is 3.93. The molecule has 1 aliphatic heterocycles. The number of aliphatic hydroxyl groups is 1. The number of amides is 1. The van der Waals surface area contributed by atoms with Gasteiger partial charge in [0.2, 0.25) is 5.91 Å². The summed E-state index contributed by atoms with van der Waals surface area (Å²) in [5, 5.41) is 12.9. The second kappa shape index (κ2) is 10.3. The first-order valence-corrected chi connectivity index (χ1v) is 9.34. The Balaban J connectivity index is 1.82. The van der Waals surface area contributed by atoms with Crippen LogP contribution in [0.2, 0.25) is 0 Å². The summed E-state index contributed by atoms with van der Waals surface area (Å²) in [6.45, 7) is 4.68. The van der Waals surface area contributed by atoms with Gasteiger partial charge in [-0.3, -0.25) is 4.79 Å². The maximum absolute atomic E-state index is 12.0. The fraction of sp³-hybridized carbons (Fsp3) is 0.684. The lowest BCUT2D eigenvalue weighted by atomic mass is 10.1. The predicted octanol–water partition coefficient (Wildman–Crippen LogP) is 3.02. The number of unbranched alkanes of at least 4 members (excludes halogenated alkanes) is 2. The van der Waals surface area contributed by atoms with E-state index in [1.807, 2.05) is 18.3 Å². The fourth-order valence-corrected chi connectivity index (χ4v) is 3.17. The zero-order valence-corrected chi connectivity index (χ0v) is 14.8. The average Bonchev–Trinajstić information content (AvgIpc) is 2.61. The Hall–Kier alpha value is -1.62. The minimum Gasteiger partial charge on any atom is -0.393 e. The van der Waals surface area contributed by atoms with E-state index in [1.54, 1.807) is 0 Å². The SMILES string of the molecule is CCCCC[C@H](O)CC(=O)NCc1cccnc1N1CCCCC1. The number of anilines is 1. The summed E-state index contributed by atoms with van der Waals surface area (Å²) >= 11 is 0. The van der Waals surface area contributed by atoms with Crippen molar-refractivity contribution in [2.24, 2.45) is 0 Å². The molecule has 1 saturated heterocycles. The Morgan fingerprint density at radius 1 is 1.33 bits per heavy atom. The second-order valence-corrected chi connectivity index (χ2v) is 6.66. The van der Waals surface area contributed by atoms with Gasteiger partial charge in [-0.1, -0.05) is 32.3 Å². The second-order valence-electron chi connectivity index (χ2n) is 6.66. The molecule has 0 aliphatic carbocycles. The zero-order valence-electron chi connectivity index (χ0n) is 14.8. The highest BCUT2D eigenvalue weighted by Crippen LogP contribution is 2.21. The molecule has 0 unspecified atom stereocenters. The van der Waals surface area contributed by atoms with Crippen LogP contribution in [0.25, 0.3) is 0 Å². The number of nitrogens with zero attached hydrogens (tertiary/aromatic N) is 2. The Bertz CT molecular complexity index is 501. The van der Waals surface area contributed by atoms with Gasteiger partial charge >= 0.3 is 0 Å². The van der Waals surface area contributed by atoms with Crippen molar-refractivity contribution >= 4 is 11.7 Å². The average molecular weight is 333 g/mol. The number of piperidine rings is 1. The zero-order chi connectivity index (χ0) is 17.2. The van der Waals surface area contributed by atoms with Crippen LogP contribution in [0.15, 0.2) is 18.3 Å². The fourth-order valence-electron chi connectivity index (χ4n) is 3.17. The molecule has 0 spiro atoms. The molecule has 134 valence electrons. The summed E-state index contributed by atoms with van der Waals surface area (Å²) in [7, 11) is 0. The van der Waals surface area contributed by atoms with Crippen LogP contribution in [-0.4, -0.2) is 35.2 Å². The smallest absolute Gasteiger partial charge is 0.222 e. The van der Waals surface area contributed by atoms with Gasteiger partial charge < -0.3 is 15.3 Å². The number of nitrogens with one attached hydrogen (secondary N) is 1. The lowest BCUT2D eigenvalue weighted by Gasteiger charge is -2.29. The third-order valence-electron chi connectivity index (χ3n) is 4.56. The molecule has 0 aromatic carbocycles. The monoisotopic (exact) mass is 333 g/mol. The number of rotatable bonds is 9. The van der Waals surface area contributed by atoms with Crippen molar-refractivity contribution < 1.29 is 9.90 Å². The molecule has 0 saturated carbocycles. The summed E-state index contributed by atoms with van der Waals surface area (Å²) < 4.78 is 0. The molecule has 5 heteroatoms. The minimum atomic E-state index is -0.535. The number of aliphatic hydroxyl groups excluding tert-OH is 1. The number of hydrogen-bond donors (Lipinski definition) is 2. The first kappa shape index (κ1) is 18.7. The van der Waals surface area contributed by atoms with Gasteiger partial charge in [-0.2, -0.15) is 0 Å². The minimum absolute atomic E-state index is 0.0903. The molecule has 24 heavy (non-hydrogen) atoms. The first-order chi connectivity index (χ1) is 11.7. The molecular weight excluding hydrogens is 302 g/mol. The van der Waals surface area contributed by atoms with Gasteiger partial charge in [0.05, 0.1) is 12.5 Å². The van der Waals surface area contributed by atoms with Crippen LogP contribution in [-0.2, 0) is 11.3 Å². The van der Waals surface area contributed by atoms with E-state index in [0.29, 0.717) is 13.0 Å². The van der Waals surface area contributed by atoms with Gasteiger partial charge in [0.15, 0.2) is 0 Å². The summed E-state index contributed by atoms with van der Waals surface area (Å²) in [4.78, 5) is 18.9. The van der Waals surface area contributed by atoms with Crippen LogP contribution in [0, 0.1) is 0 Å². The maximum Gasteiger partial charge on any atom is 0.222 e. The van der Waals surface area contributed by atoms with Gasteiger partial charge in [-0.15, -0.1) is 0 Å². The molecule has 1 aromatic heterocycles. The van der Waals surface area contributed by atoms with Crippen LogP contribution >= 0.6 is 0 Å². The molecular formula is C19H31N3O2. The topological polar surface area (TPSA) is 65.5 Å². The van der Waals surface area contributed by atoms with Gasteiger partial charge in [0, 0.05) is 31.4 Å². The Morgan fingerprint density at radius 2 is 2.12 bits per heavy atom. The summed E-state index contributed by atoms with van der Waals surface area (Å²) in [5.41, 5.74) is 1.05. The highest BCUT2D eigenvalue weighted by molar-refractivity contribution is 5.76. The van der Waals surface area contributed by atoms with E-state index in [4.69, 9.17) is 0 Å². The Kier molecular flexibility index (Phi) is 8.02. The van der Waals surface area contributed by atoms with Crippen molar-refractivity contribution in [3.8, 4) is 0 Å². The van der Waals surface area contributed by atoms with Crippen LogP contribution < -0.4 is 10.2 Å². The molecule has 5 nitrogen and oxygen atoms in total. The lowest BCUT2D eigenvalue weighted by molar-refractivity contribution is -0.123. The molecule has 1 fully saturated rings. The predicted molar refractivity (Wildman–Crippen MR) is 96.9 cm³/mol. The van der Waals surface area contributed by atoms with Gasteiger partial charge in [0.25, 0.3) is 0 Å². The molecule has 2 rings (SSSR count). The molecule has 0 bridgehead atoms. The molecule has 1 amide bonds. The van der Waals surface area contributed by atoms with Crippen LogP contribution in [0.1, 0.15) is 63.9 Å². The lowest BCUT2D eigenvalue weighted by Crippen LogP contribution is -2.32. The quantitative estimate of drug-likeness (QED) is 0.682. The number of aromatic nitrogens is 1. The van der Waals surface area contributed by atoms with Gasteiger partial charge in [-0.05, 0) is 31.7 Å². The van der Waals surface area contributed by atoms with Crippen LogP contribution in [0.4, 0.5) is 5.82 Å². The van der Waals surface area contributed by atoms with E-state index >= 15 is 0 Å². The van der Waals surface area contributed by atoms with Crippen molar-refractivity contribution in [3.05, 3.63) is 23.9 Å². The van der Waals surface area contributed by atoms with E-state index in [9.17, 15) is 9.90 Å². The van der Waals surface area contributed by atoms with Crippen molar-refractivity contribution in [3.63, 3.8) is 0 Å². The number of hydrogen-bond acceptors (Lipinski definition) is 4. The third-order valence-corrected chi connectivity index (χ3v) is 4.56. The molecule has 1 aromatic rings. The van der Waals surface area contributed by atoms with Crippen molar-refractivity contribution in [1.82, 2.24) is 10.3 Å². The van der Waals surface area contributed by atoms with Crippen molar-refractivity contribution in [1.29, 1.82) is 0 Å². The van der Waals surface area contributed by atoms with E-state index < -0.39 is 6.10 Å². The van der Waals surface area contributed by atoms with Crippen molar-refractivity contribution in [2.75, 3.05) is 18.0 Å². The van der Waals surface area contributed by atoms with Gasteiger partial charge in [-0.25, -0.2) is 4.98 Å². The molecule has 1 aliphatic rings. The Morgan fingerprint density at radius 3 is 2.88 bits per heavy atom. The summed E-state index contributed by atoms with van der Waals surface area (Å²) in [6.07, 6.45) is 9.05. The maximum atomic E-state index is 12.0. The number of carbonyl (C=O) groups excluding carboxylic acids is 1. The first-order valence-electron chi connectivity index (χ1n) is 9.34. The molecule has 1 atom stereocenters. The normalized spacial score (nSPS) is 16.0. The van der Waals surface area contributed by atoms with Gasteiger partial charge in [0.1, 0.15) is 5.82 Å². The highest BCUT2D eigenvalue weighted by atomic mass is 16.3. The van der Waals surface area contributed by atoms with Crippen molar-refractivity contribution in [2.45, 2.75) is 70.9 Å². The largest absolute Gasteiger partial charge is 0.393 e. The van der Waals surface area contributed by atoms with Crippen LogP contribution in [0.5, 0.6) is 0 Å². The van der Waals surface area contributed by atoms with E-state index in [1.165, 1.54) is 19.3 Å². The number of carbonyl (C=O) groups is 1. The number of pyridine rings is 1.